The molecule has 27 heavy (non-hydrogen) atoms. The second-order valence-electron chi connectivity index (χ2n) is 6.34. The average molecular weight is 373 g/mol. The summed E-state index contributed by atoms with van der Waals surface area (Å²) in [6.45, 7) is 3.62. The highest BCUT2D eigenvalue weighted by Gasteiger charge is 2.42. The Balaban J connectivity index is 2.40. The van der Waals surface area contributed by atoms with Crippen LogP contribution in [-0.2, 0) is 10.9 Å². The molecule has 6 heteroatoms. The van der Waals surface area contributed by atoms with E-state index >= 15 is 0 Å². The smallest absolute Gasteiger partial charge is 0.432 e. The summed E-state index contributed by atoms with van der Waals surface area (Å²) < 4.78 is 47.7. The molecule has 0 aliphatic rings. The van der Waals surface area contributed by atoms with Gasteiger partial charge in [0.15, 0.2) is 0 Å². The van der Waals surface area contributed by atoms with Crippen LogP contribution in [0.2, 0.25) is 0 Å². The fourth-order valence-electron chi connectivity index (χ4n) is 3.22. The molecule has 0 fully saturated rings. The maximum Gasteiger partial charge on any atom is 0.432 e. The maximum absolute atomic E-state index is 14.0. The van der Waals surface area contributed by atoms with Crippen LogP contribution in [0.5, 0.6) is 0 Å². The van der Waals surface area contributed by atoms with Crippen LogP contribution in [0.25, 0.3) is 16.8 Å². The van der Waals surface area contributed by atoms with E-state index in [-0.39, 0.29) is 5.56 Å². The van der Waals surface area contributed by atoms with E-state index in [1.54, 1.807) is 42.5 Å². The maximum atomic E-state index is 14.0. The number of aromatic nitrogens is 1. The van der Waals surface area contributed by atoms with E-state index in [0.717, 1.165) is 22.8 Å². The third kappa shape index (κ3) is 3.60. The Labute approximate surface area is 155 Å². The Kier molecular flexibility index (Phi) is 4.83. The molecule has 2 aromatic carbocycles. The first-order chi connectivity index (χ1) is 12.7. The number of hydrogen-bond acceptors (Lipinski definition) is 2. The van der Waals surface area contributed by atoms with Gasteiger partial charge in [0.05, 0.1) is 12.7 Å². The lowest BCUT2D eigenvalue weighted by Crippen LogP contribution is -2.17. The van der Waals surface area contributed by atoms with Crippen LogP contribution in [-0.4, -0.2) is 17.6 Å². The summed E-state index contributed by atoms with van der Waals surface area (Å²) in [7, 11) is 1.07. The molecule has 3 aromatic rings. The van der Waals surface area contributed by atoms with Gasteiger partial charge in [-0.15, -0.1) is 0 Å². The molecule has 1 aromatic heterocycles. The lowest BCUT2D eigenvalue weighted by atomic mass is 10.0. The molecule has 0 aliphatic carbocycles. The highest BCUT2D eigenvalue weighted by molar-refractivity contribution is 5.99. The summed E-state index contributed by atoms with van der Waals surface area (Å²) in [5, 5.41) is 0. The molecule has 0 atom stereocenters. The minimum atomic E-state index is -4.74. The molecule has 0 bridgehead atoms. The number of methoxy groups -OCH3 is 1. The molecule has 0 saturated carbocycles. The van der Waals surface area contributed by atoms with Gasteiger partial charge in [0.25, 0.3) is 0 Å². The van der Waals surface area contributed by atoms with Gasteiger partial charge in [0.2, 0.25) is 0 Å². The highest BCUT2D eigenvalue weighted by atomic mass is 19.4. The van der Waals surface area contributed by atoms with E-state index in [9.17, 15) is 18.0 Å². The minimum absolute atomic E-state index is 0.175. The van der Waals surface area contributed by atoms with Gasteiger partial charge in [-0.05, 0) is 42.7 Å². The first-order valence-corrected chi connectivity index (χ1v) is 8.27. The predicted molar refractivity (Wildman–Crippen MR) is 97.0 cm³/mol. The predicted octanol–water partition coefficient (Wildman–Crippen LogP) is 5.57. The molecule has 0 saturated heterocycles. The number of hydrogen-bond donors (Lipinski definition) is 0. The largest absolute Gasteiger partial charge is 0.465 e. The van der Waals surface area contributed by atoms with Gasteiger partial charge in [-0.3, -0.25) is 0 Å². The summed E-state index contributed by atoms with van der Waals surface area (Å²) in [4.78, 5) is 12.3. The summed E-state index contributed by atoms with van der Waals surface area (Å²) in [5.74, 6) is -1.02. The lowest BCUT2D eigenvalue weighted by Gasteiger charge is -2.15. The molecule has 3 nitrogen and oxygen atoms in total. The van der Waals surface area contributed by atoms with Crippen LogP contribution in [0, 0.1) is 13.8 Å². The molecule has 0 unspecified atom stereocenters. The third-order valence-electron chi connectivity index (χ3n) is 4.23. The van der Waals surface area contributed by atoms with Crippen molar-refractivity contribution in [1.29, 1.82) is 0 Å². The number of halogens is 3. The summed E-state index contributed by atoms with van der Waals surface area (Å²) in [6, 6.07) is 13.7. The molecule has 3 rings (SSSR count). The first kappa shape index (κ1) is 18.8. The molecule has 0 spiro atoms. The second kappa shape index (κ2) is 6.95. The van der Waals surface area contributed by atoms with Crippen molar-refractivity contribution in [2.24, 2.45) is 0 Å². The van der Waals surface area contributed by atoms with Gasteiger partial charge < -0.3 is 9.30 Å². The Hall–Kier alpha value is -3.02. The van der Waals surface area contributed by atoms with Crippen molar-refractivity contribution in [3.63, 3.8) is 0 Å². The topological polar surface area (TPSA) is 31.2 Å². The van der Waals surface area contributed by atoms with Crippen molar-refractivity contribution in [3.8, 4) is 16.8 Å². The van der Waals surface area contributed by atoms with Crippen LogP contribution >= 0.6 is 0 Å². The number of ether oxygens (including phenoxy) is 1. The van der Waals surface area contributed by atoms with Crippen LogP contribution < -0.4 is 0 Å². The zero-order valence-corrected chi connectivity index (χ0v) is 15.1. The van der Waals surface area contributed by atoms with Crippen molar-refractivity contribution in [3.05, 3.63) is 77.1 Å². The Bertz CT molecular complexity index is 968. The zero-order valence-electron chi connectivity index (χ0n) is 15.1. The molecule has 0 N–H and O–H groups in total. The molecule has 0 radical (unpaired) electrons. The highest BCUT2D eigenvalue weighted by Crippen LogP contribution is 2.40. The van der Waals surface area contributed by atoms with Gasteiger partial charge in [0.1, 0.15) is 5.69 Å². The van der Waals surface area contributed by atoms with E-state index in [0.29, 0.717) is 11.3 Å². The van der Waals surface area contributed by atoms with Crippen molar-refractivity contribution in [1.82, 2.24) is 4.57 Å². The van der Waals surface area contributed by atoms with Gasteiger partial charge >= 0.3 is 12.1 Å². The summed E-state index contributed by atoms with van der Waals surface area (Å²) in [6.07, 6.45) is -3.40. The number of benzene rings is 2. The van der Waals surface area contributed by atoms with E-state index < -0.39 is 23.4 Å². The number of rotatable bonds is 3. The van der Waals surface area contributed by atoms with Crippen LogP contribution in [0.1, 0.15) is 27.2 Å². The SMILES string of the molecule is COC(=O)c1c(-c2ccccc2)cn(-c2cc(C)cc(C)c2)c1C(F)(F)F. The zero-order chi connectivity index (χ0) is 19.8. The average Bonchev–Trinajstić information content (AvgIpc) is 3.02. The number of carbonyl (C=O) groups is 1. The minimum Gasteiger partial charge on any atom is -0.465 e. The third-order valence-corrected chi connectivity index (χ3v) is 4.23. The number of carbonyl (C=O) groups excluding carboxylic acids is 1. The van der Waals surface area contributed by atoms with Crippen molar-refractivity contribution in [2.45, 2.75) is 20.0 Å². The fraction of sp³-hybridized carbons (Fsp3) is 0.190. The Morgan fingerprint density at radius 1 is 1.00 bits per heavy atom. The molecule has 1 heterocycles. The molecule has 0 aliphatic heterocycles. The van der Waals surface area contributed by atoms with Crippen LogP contribution in [0.3, 0.4) is 0 Å². The summed E-state index contributed by atoms with van der Waals surface area (Å²) >= 11 is 0. The summed E-state index contributed by atoms with van der Waals surface area (Å²) in [5.41, 5.74) is 1.14. The van der Waals surface area contributed by atoms with Crippen LogP contribution in [0.15, 0.2) is 54.7 Å². The molecule has 0 amide bonds. The van der Waals surface area contributed by atoms with Crippen molar-refractivity contribution in [2.75, 3.05) is 7.11 Å². The number of alkyl halides is 3. The van der Waals surface area contributed by atoms with Gasteiger partial charge in [-0.2, -0.15) is 13.2 Å². The standard InChI is InChI=1S/C21H18F3NO2/c1-13-9-14(2)11-16(10-13)25-12-17(15-7-5-4-6-8-15)18(20(26)27-3)19(25)21(22,23)24/h4-12H,1-3H3. The fourth-order valence-corrected chi connectivity index (χ4v) is 3.22. The van der Waals surface area contributed by atoms with Crippen molar-refractivity contribution >= 4 is 5.97 Å². The van der Waals surface area contributed by atoms with E-state index in [4.69, 9.17) is 0 Å². The number of nitrogens with zero attached hydrogens (tertiary/aromatic N) is 1. The molecular weight excluding hydrogens is 355 g/mol. The Morgan fingerprint density at radius 2 is 1.59 bits per heavy atom. The van der Waals surface area contributed by atoms with E-state index in [1.807, 2.05) is 19.9 Å². The number of esters is 1. The van der Waals surface area contributed by atoms with Gasteiger partial charge in [0, 0.05) is 17.4 Å². The van der Waals surface area contributed by atoms with E-state index in [1.165, 1.54) is 6.20 Å². The second-order valence-corrected chi connectivity index (χ2v) is 6.34. The van der Waals surface area contributed by atoms with Gasteiger partial charge in [-0.25, -0.2) is 4.79 Å². The first-order valence-electron chi connectivity index (χ1n) is 8.27. The number of aryl methyl sites for hydroxylation is 2. The van der Waals surface area contributed by atoms with Crippen molar-refractivity contribution < 1.29 is 22.7 Å². The normalized spacial score (nSPS) is 11.5. The molecule has 140 valence electrons. The van der Waals surface area contributed by atoms with E-state index in [2.05, 4.69) is 4.74 Å². The quantitative estimate of drug-likeness (QED) is 0.562. The van der Waals surface area contributed by atoms with Crippen LogP contribution in [0.4, 0.5) is 13.2 Å². The molecular formula is C21H18F3NO2. The Morgan fingerprint density at radius 3 is 2.11 bits per heavy atom. The van der Waals surface area contributed by atoms with Gasteiger partial charge in [-0.1, -0.05) is 36.4 Å². The lowest BCUT2D eigenvalue weighted by molar-refractivity contribution is -0.142. The monoisotopic (exact) mass is 373 g/mol.